The number of fused-ring (bicyclic) bond motifs is 4. The number of piperidine rings is 2. The lowest BCUT2D eigenvalue weighted by molar-refractivity contribution is -0.199. The van der Waals surface area contributed by atoms with Crippen molar-refractivity contribution in [2.24, 2.45) is 58.2 Å². The zero-order valence-electron chi connectivity index (χ0n) is 60.3. The van der Waals surface area contributed by atoms with Crippen LogP contribution in [-0.2, 0) is 64.8 Å². The average Bonchev–Trinajstić information content (AvgIpc) is 1.68. The Bertz CT molecular complexity index is 3890. The number of hydrogen-bond acceptors (Lipinski definition) is 17. The van der Waals surface area contributed by atoms with E-state index in [9.17, 15) is 24.0 Å². The number of benzene rings is 2. The summed E-state index contributed by atoms with van der Waals surface area (Å²) in [6, 6.07) is 15.3. The van der Waals surface area contributed by atoms with Gasteiger partial charge in [0, 0.05) is 55.6 Å². The van der Waals surface area contributed by atoms with Crippen LogP contribution in [0.25, 0.3) is 31.6 Å². The van der Waals surface area contributed by atoms with Gasteiger partial charge in [-0.2, -0.15) is 0 Å². The molecule has 4 bridgehead atoms. The number of hydrogen-bond donors (Lipinski definition) is 2. The highest BCUT2D eigenvalue weighted by atomic mass is 16.7. The highest BCUT2D eigenvalue weighted by molar-refractivity contribution is 6.48. The van der Waals surface area contributed by atoms with Crippen LogP contribution in [0.2, 0.25) is 0 Å². The number of furan rings is 2. The van der Waals surface area contributed by atoms with Crippen LogP contribution in [0.3, 0.4) is 0 Å². The number of morpholine rings is 2. The van der Waals surface area contributed by atoms with E-state index >= 15 is 0 Å². The molecule has 4 aromatic rings. The number of alkyl carbamates (subject to hydrolysis) is 2. The number of nitrogens with zero attached hydrogens (tertiary/aromatic N) is 6. The van der Waals surface area contributed by atoms with Crippen molar-refractivity contribution in [2.75, 3.05) is 85.5 Å². The summed E-state index contributed by atoms with van der Waals surface area (Å²) in [5.74, 6) is 1.95. The SMILES string of the molecule is CC(C)(C=O)N1CCOCC1.[C-]#[N+]C(=CC(C)(C)N1CCOCC1)C(=O)N1C[C@@H]2C[C@@H]2[C@@H]1COC(=O)N[C@@H](Cc1coc2ccccc12)B1O[C@@H]2C[C@@H]3C[C@@H](C3(C)C)[C@]2(C)O1.[C-]#[N+]CC(=O)N1C[C@@H]2C[C@@H]2[C@@H]1COC(=O)N[C@@H](Cc1coc2ccccc12)B1O[C@@H]2C[C@@H]3C[C@@H](C3(C)C)[C@]2(C)O1. The van der Waals surface area contributed by atoms with Crippen molar-refractivity contribution < 1.29 is 70.4 Å². The first-order valence-corrected chi connectivity index (χ1v) is 36.8. The highest BCUT2D eigenvalue weighted by Gasteiger charge is 2.70. The van der Waals surface area contributed by atoms with Crippen LogP contribution in [0, 0.1) is 71.3 Å². The molecule has 540 valence electrons. The Hall–Kier alpha value is -6.80. The van der Waals surface area contributed by atoms with Crippen LogP contribution in [0.15, 0.2) is 81.7 Å². The van der Waals surface area contributed by atoms with Gasteiger partial charge in [-0.1, -0.05) is 70.2 Å². The number of rotatable bonds is 18. The monoisotopic (exact) mass is 1390 g/mol. The fourth-order valence-corrected chi connectivity index (χ4v) is 19.5. The zero-order valence-corrected chi connectivity index (χ0v) is 60.3. The number of ether oxygens (including phenoxy) is 4. The lowest BCUT2D eigenvalue weighted by atomic mass is 9.43. The Labute approximate surface area is 593 Å². The van der Waals surface area contributed by atoms with E-state index in [1.165, 1.54) is 0 Å². The summed E-state index contributed by atoms with van der Waals surface area (Å²) in [4.78, 5) is 78.6. The minimum atomic E-state index is -0.653. The van der Waals surface area contributed by atoms with Gasteiger partial charge in [-0.15, -0.1) is 0 Å². The smallest absolute Gasteiger partial charge is 0.464 e. The summed E-state index contributed by atoms with van der Waals surface area (Å²) >= 11 is 0. The zero-order chi connectivity index (χ0) is 71.1. The molecule has 6 saturated heterocycles. The lowest BCUT2D eigenvalue weighted by Crippen LogP contribution is -2.65. The predicted octanol–water partition coefficient (Wildman–Crippen LogP) is 9.50. The second-order valence-corrected chi connectivity index (χ2v) is 33.3. The molecule has 0 spiro atoms. The van der Waals surface area contributed by atoms with Gasteiger partial charge in [0.05, 0.1) is 98.4 Å². The van der Waals surface area contributed by atoms with Crippen LogP contribution >= 0.6 is 0 Å². The van der Waals surface area contributed by atoms with Gasteiger partial charge < -0.3 is 76.5 Å². The third-order valence-corrected chi connectivity index (χ3v) is 26.1. The first kappa shape index (κ1) is 71.2. The molecule has 0 radical (unpaired) electrons. The summed E-state index contributed by atoms with van der Waals surface area (Å²) < 4.78 is 60.7. The molecule has 14 aliphatic rings. The molecule has 2 aromatic carbocycles. The van der Waals surface area contributed by atoms with Crippen molar-refractivity contribution in [3.05, 3.63) is 107 Å². The summed E-state index contributed by atoms with van der Waals surface area (Å²) in [5.41, 5.74) is 2.38. The molecule has 6 aliphatic heterocycles. The first-order valence-electron chi connectivity index (χ1n) is 36.8. The Morgan fingerprint density at radius 3 is 1.52 bits per heavy atom. The molecule has 16 atom stereocenters. The molecule has 101 heavy (non-hydrogen) atoms. The topological polar surface area (TPSA) is 231 Å². The quantitative estimate of drug-likeness (QED) is 0.0409. The van der Waals surface area contributed by atoms with Gasteiger partial charge in [0.15, 0.2) is 0 Å². The van der Waals surface area contributed by atoms with Crippen LogP contribution in [0.1, 0.15) is 119 Å². The third-order valence-electron chi connectivity index (χ3n) is 26.1. The van der Waals surface area contributed by atoms with Crippen LogP contribution in [0.5, 0.6) is 0 Å². The van der Waals surface area contributed by atoms with Gasteiger partial charge in [-0.25, -0.2) is 21.0 Å². The van der Waals surface area contributed by atoms with Crippen LogP contribution in [-0.4, -0.2) is 208 Å². The number of carbonyl (C=O) groups is 5. The molecule has 8 saturated carbocycles. The van der Waals surface area contributed by atoms with Crippen molar-refractivity contribution in [1.82, 2.24) is 30.2 Å². The predicted molar refractivity (Wildman–Crippen MR) is 376 cm³/mol. The minimum absolute atomic E-state index is 0.0111. The van der Waals surface area contributed by atoms with Crippen molar-refractivity contribution in [3.8, 4) is 0 Å². The normalized spacial score (nSPS) is 33.0. The standard InChI is InChI=1S/C38H49BN4O7.C30H36BN3O6.C8H15NO2/c1-36(2,42-11-13-46-14-12-42)19-28(40-6)34(44)43-20-23-15-27(23)29(43)22-48-35(45)41-33(16-24-21-47-30-10-8-7-9-26(24)30)39-49-32-18-25-17-31(37(25,3)4)38(32,5)50-39;1-29(2)19-11-24(29)30(3)25(12-19)39-31(40-30)26(10-18-15-37-23-8-6-5-7-20(18)23)33-28(36)38-16-22-21-9-17(21)14-34(22)27(35)13-32-4;1-8(2,7-10)9-3-5-11-6-4-9/h7-10,19,21,23,25,27,29,31-33H,11-18,20,22H2,1-5H3,(H,41,45);5-8,15,17,19,21-22,24-26H,9-14,16H2,1-3H3,(H,33,36);7H,3-6H2,1-2H3/t23-,25-,27-,29-,31-,32+,33-,38-;17-,19-,21-,22-,24-,25+,26-,30-;/m00./s1. The molecule has 23 nitrogen and oxygen atoms in total. The molecule has 2 N–H and O–H groups in total. The summed E-state index contributed by atoms with van der Waals surface area (Å²) in [5, 5.41) is 8.14. The van der Waals surface area contributed by atoms with Gasteiger partial charge in [0.25, 0.3) is 12.5 Å². The number of nitrogens with one attached hydrogen (secondary N) is 2. The van der Waals surface area contributed by atoms with E-state index in [0.29, 0.717) is 80.6 Å². The number of likely N-dealkylation sites (tertiary alicyclic amines) is 2. The van der Waals surface area contributed by atoms with Crippen molar-refractivity contribution >= 4 is 66.5 Å². The Kier molecular flexibility index (Phi) is 19.5. The largest absolute Gasteiger partial charge is 0.482 e. The Balaban J connectivity index is 0.000000152. The van der Waals surface area contributed by atoms with Gasteiger partial charge >= 0.3 is 32.3 Å². The van der Waals surface area contributed by atoms with E-state index in [0.717, 1.165) is 117 Å². The number of carbonyl (C=O) groups excluding carboxylic acids is 5. The lowest BCUT2D eigenvalue weighted by Gasteiger charge is -2.64. The fraction of sp³-hybridized carbons (Fsp3) is 0.671. The molecule has 2 aromatic heterocycles. The van der Waals surface area contributed by atoms with Crippen LogP contribution in [0.4, 0.5) is 9.59 Å². The first-order chi connectivity index (χ1) is 48.2. The summed E-state index contributed by atoms with van der Waals surface area (Å²) in [6.07, 6.45) is 12.2. The summed E-state index contributed by atoms with van der Waals surface area (Å²) in [6.45, 7) is 43.7. The van der Waals surface area contributed by atoms with E-state index in [2.05, 4.69) is 71.7 Å². The van der Waals surface area contributed by atoms with E-state index < -0.39 is 55.0 Å². The second kappa shape index (κ2) is 27.7. The molecule has 4 amide bonds. The van der Waals surface area contributed by atoms with Crippen molar-refractivity contribution in [3.63, 3.8) is 0 Å². The molecular formula is C76H100B2N8O15. The molecule has 0 unspecified atom stereocenters. The Morgan fingerprint density at radius 2 is 1.08 bits per heavy atom. The number of para-hydroxylation sites is 2. The number of amides is 4. The van der Waals surface area contributed by atoms with E-state index in [4.69, 9.17) is 59.5 Å². The maximum atomic E-state index is 13.8. The van der Waals surface area contributed by atoms with Crippen molar-refractivity contribution in [1.29, 1.82) is 0 Å². The molecule has 8 heterocycles. The average molecular weight is 1390 g/mol. The van der Waals surface area contributed by atoms with Crippen LogP contribution < -0.4 is 10.6 Å². The minimum Gasteiger partial charge on any atom is -0.464 e. The second-order valence-electron chi connectivity index (χ2n) is 33.3. The molecule has 14 fully saturated rings. The molecule has 8 aliphatic carbocycles. The van der Waals surface area contributed by atoms with Crippen molar-refractivity contribution in [2.45, 2.75) is 179 Å². The highest BCUT2D eigenvalue weighted by Crippen LogP contribution is 2.67. The van der Waals surface area contributed by atoms with E-state index in [-0.39, 0.29) is 83.8 Å². The molecule has 18 rings (SSSR count). The maximum Gasteiger partial charge on any atom is 0.482 e. The number of aldehydes is 1. The molecule has 25 heteroatoms. The van der Waals surface area contributed by atoms with Gasteiger partial charge in [0.1, 0.15) is 30.7 Å². The van der Waals surface area contributed by atoms with E-state index in [1.807, 2.05) is 76.2 Å². The summed E-state index contributed by atoms with van der Waals surface area (Å²) in [7, 11) is -1.28. The van der Waals surface area contributed by atoms with Gasteiger partial charge in [-0.3, -0.25) is 19.4 Å². The van der Waals surface area contributed by atoms with Gasteiger partial charge in [0.2, 0.25) is 5.70 Å². The van der Waals surface area contributed by atoms with E-state index in [1.54, 1.807) is 28.4 Å². The van der Waals surface area contributed by atoms with Gasteiger partial charge in [-0.05, 0) is 174 Å². The maximum absolute atomic E-state index is 13.8. The third kappa shape index (κ3) is 13.7. The fourth-order valence-electron chi connectivity index (χ4n) is 19.5. The molecular weight excluding hydrogens is 1290 g/mol. The Morgan fingerprint density at radius 1 is 0.634 bits per heavy atom.